The van der Waals surface area contributed by atoms with Crippen LogP contribution in [0.15, 0.2) is 72.9 Å². The summed E-state index contributed by atoms with van der Waals surface area (Å²) in [4.78, 5) is 13.1. The number of nitrogens with one attached hydrogen (secondary N) is 1. The molecule has 0 bridgehead atoms. The van der Waals surface area contributed by atoms with Crippen LogP contribution in [0, 0.1) is 11.7 Å². The van der Waals surface area contributed by atoms with E-state index in [0.717, 1.165) is 34.0 Å². The van der Waals surface area contributed by atoms with Crippen LogP contribution in [0.25, 0.3) is 10.9 Å². The number of para-hydroxylation sites is 1. The Morgan fingerprint density at radius 2 is 1.65 bits per heavy atom. The van der Waals surface area contributed by atoms with Gasteiger partial charge in [-0.1, -0.05) is 44.2 Å². The highest BCUT2D eigenvalue weighted by Gasteiger charge is 2.24. The first-order valence-corrected chi connectivity index (χ1v) is 12.7. The summed E-state index contributed by atoms with van der Waals surface area (Å²) >= 11 is 0. The molecule has 0 spiro atoms. The summed E-state index contributed by atoms with van der Waals surface area (Å²) in [6.45, 7) is 5.54. The molecule has 194 valence electrons. The van der Waals surface area contributed by atoms with Gasteiger partial charge in [0.1, 0.15) is 17.3 Å². The second-order valence-corrected chi connectivity index (χ2v) is 9.79. The van der Waals surface area contributed by atoms with Crippen LogP contribution in [0.2, 0.25) is 0 Å². The zero-order valence-electron chi connectivity index (χ0n) is 22.0. The van der Waals surface area contributed by atoms with Gasteiger partial charge in [0.25, 0.3) is 0 Å². The monoisotopic (exact) mass is 502 g/mol. The molecule has 1 heterocycles. The lowest BCUT2D eigenvalue weighted by molar-refractivity contribution is -0.121. The van der Waals surface area contributed by atoms with Crippen molar-refractivity contribution in [2.45, 2.75) is 39.2 Å². The first kappa shape index (κ1) is 26.3. The second-order valence-electron chi connectivity index (χ2n) is 9.79. The maximum Gasteiger partial charge on any atom is 0.220 e. The van der Waals surface area contributed by atoms with Crippen LogP contribution in [0.5, 0.6) is 11.5 Å². The number of ether oxygens (including phenoxy) is 2. The predicted octanol–water partition coefficient (Wildman–Crippen LogP) is 6.53. The molecule has 0 aliphatic rings. The molecule has 0 aliphatic carbocycles. The Hall–Kier alpha value is -3.80. The molecule has 0 aliphatic heterocycles. The highest BCUT2D eigenvalue weighted by atomic mass is 19.1. The van der Waals surface area contributed by atoms with Gasteiger partial charge in [-0.2, -0.15) is 0 Å². The summed E-state index contributed by atoms with van der Waals surface area (Å²) in [7, 11) is 3.25. The molecule has 4 rings (SSSR count). The molecule has 0 saturated carbocycles. The van der Waals surface area contributed by atoms with E-state index in [1.165, 1.54) is 12.1 Å². The number of halogens is 1. The van der Waals surface area contributed by atoms with Crippen LogP contribution >= 0.6 is 0 Å². The van der Waals surface area contributed by atoms with Crippen molar-refractivity contribution < 1.29 is 18.7 Å². The molecule has 3 aromatic carbocycles. The Morgan fingerprint density at radius 3 is 2.30 bits per heavy atom. The second kappa shape index (κ2) is 12.0. The molecule has 4 aromatic rings. The van der Waals surface area contributed by atoms with E-state index in [9.17, 15) is 9.18 Å². The van der Waals surface area contributed by atoms with E-state index in [1.54, 1.807) is 26.4 Å². The van der Waals surface area contributed by atoms with E-state index < -0.39 is 0 Å². The van der Waals surface area contributed by atoms with Crippen LogP contribution < -0.4 is 14.8 Å². The van der Waals surface area contributed by atoms with Crippen LogP contribution in [0.3, 0.4) is 0 Å². The number of aromatic nitrogens is 1. The number of carbonyl (C=O) groups excluding carboxylic acids is 1. The fraction of sp³-hybridized carbons (Fsp3) is 0.323. The van der Waals surface area contributed by atoms with Gasteiger partial charge in [0.15, 0.2) is 0 Å². The fourth-order valence-corrected chi connectivity index (χ4v) is 4.67. The van der Waals surface area contributed by atoms with Crippen molar-refractivity contribution >= 4 is 16.8 Å². The third kappa shape index (κ3) is 6.50. The van der Waals surface area contributed by atoms with Gasteiger partial charge in [-0.15, -0.1) is 0 Å². The number of hydrogen-bond acceptors (Lipinski definition) is 3. The van der Waals surface area contributed by atoms with Crippen LogP contribution in [-0.4, -0.2) is 31.2 Å². The first-order chi connectivity index (χ1) is 17.9. The summed E-state index contributed by atoms with van der Waals surface area (Å²) in [6, 6.07) is 20.5. The zero-order valence-corrected chi connectivity index (χ0v) is 22.0. The number of benzene rings is 3. The molecule has 1 amide bonds. The fourth-order valence-electron chi connectivity index (χ4n) is 4.67. The van der Waals surface area contributed by atoms with Gasteiger partial charge < -0.3 is 19.4 Å². The summed E-state index contributed by atoms with van der Waals surface area (Å²) in [5.74, 6) is 1.40. The number of fused-ring (bicyclic) bond motifs is 1. The number of rotatable bonds is 11. The Balaban J connectivity index is 1.77. The smallest absolute Gasteiger partial charge is 0.220 e. The first-order valence-electron chi connectivity index (χ1n) is 12.7. The lowest BCUT2D eigenvalue weighted by atomic mass is 9.87. The molecule has 1 atom stereocenters. The van der Waals surface area contributed by atoms with Crippen LogP contribution in [0.4, 0.5) is 4.39 Å². The van der Waals surface area contributed by atoms with Crippen molar-refractivity contribution in [3.63, 3.8) is 0 Å². The van der Waals surface area contributed by atoms with Gasteiger partial charge >= 0.3 is 0 Å². The van der Waals surface area contributed by atoms with Gasteiger partial charge in [0.05, 0.1) is 14.2 Å². The van der Waals surface area contributed by atoms with E-state index in [1.807, 2.05) is 30.3 Å². The molecule has 37 heavy (non-hydrogen) atoms. The zero-order chi connectivity index (χ0) is 26.4. The van der Waals surface area contributed by atoms with Crippen LogP contribution in [-0.2, 0) is 11.3 Å². The molecule has 0 fully saturated rings. The molecular weight excluding hydrogens is 467 g/mol. The molecule has 1 aromatic heterocycles. The summed E-state index contributed by atoms with van der Waals surface area (Å²) in [6.07, 6.45) is 3.34. The van der Waals surface area contributed by atoms with E-state index in [0.29, 0.717) is 36.9 Å². The predicted molar refractivity (Wildman–Crippen MR) is 146 cm³/mol. The maximum atomic E-state index is 13.5. The van der Waals surface area contributed by atoms with Crippen LogP contribution in [0.1, 0.15) is 49.3 Å². The third-order valence-electron chi connectivity index (χ3n) is 6.67. The Kier molecular flexibility index (Phi) is 8.49. The van der Waals surface area contributed by atoms with Crippen molar-refractivity contribution in [2.75, 3.05) is 20.8 Å². The quantitative estimate of drug-likeness (QED) is 0.254. The Labute approximate surface area is 218 Å². The molecular formula is C31H35FN2O3. The minimum absolute atomic E-state index is 0.00259. The minimum atomic E-state index is -0.252. The average molecular weight is 503 g/mol. The SMILES string of the molecule is COc1cc(OC)cc(C(CC(=O)NCCC(C)C)c2cn(Cc3ccc(F)cc3)c3ccccc23)c1. The summed E-state index contributed by atoms with van der Waals surface area (Å²) in [5, 5.41) is 4.17. The molecule has 5 nitrogen and oxygen atoms in total. The van der Waals surface area contributed by atoms with Gasteiger partial charge in [0.2, 0.25) is 5.91 Å². The Morgan fingerprint density at radius 1 is 0.973 bits per heavy atom. The van der Waals surface area contributed by atoms with Gasteiger partial charge in [-0.3, -0.25) is 4.79 Å². The number of carbonyl (C=O) groups is 1. The normalized spacial score (nSPS) is 12.1. The molecule has 1 N–H and O–H groups in total. The van der Waals surface area contributed by atoms with E-state index in [4.69, 9.17) is 9.47 Å². The lowest BCUT2D eigenvalue weighted by Crippen LogP contribution is -2.27. The lowest BCUT2D eigenvalue weighted by Gasteiger charge is -2.19. The van der Waals surface area contributed by atoms with Crippen molar-refractivity contribution in [3.8, 4) is 11.5 Å². The number of nitrogens with zero attached hydrogens (tertiary/aromatic N) is 1. The molecule has 0 radical (unpaired) electrons. The van der Waals surface area contributed by atoms with E-state index in [-0.39, 0.29) is 17.6 Å². The van der Waals surface area contributed by atoms with Crippen molar-refractivity contribution in [1.82, 2.24) is 9.88 Å². The molecule has 6 heteroatoms. The number of amides is 1. The van der Waals surface area contributed by atoms with Crippen molar-refractivity contribution in [2.24, 2.45) is 5.92 Å². The van der Waals surface area contributed by atoms with E-state index >= 15 is 0 Å². The number of hydrogen-bond donors (Lipinski definition) is 1. The standard InChI is InChI=1S/C31H35FN2O3/c1-21(2)13-14-33-31(35)18-28(23-15-25(36-3)17-26(16-23)37-4)29-20-34(30-8-6-5-7-27(29)30)19-22-9-11-24(32)12-10-22/h5-12,15-17,20-21,28H,13-14,18-19H2,1-4H3,(H,33,35). The highest BCUT2D eigenvalue weighted by molar-refractivity contribution is 5.87. The van der Waals surface area contributed by atoms with Gasteiger partial charge in [-0.05, 0) is 59.4 Å². The Bertz CT molecular complexity index is 1320. The average Bonchev–Trinajstić information content (AvgIpc) is 3.26. The number of methoxy groups -OCH3 is 2. The highest BCUT2D eigenvalue weighted by Crippen LogP contribution is 2.38. The molecule has 0 saturated heterocycles. The summed E-state index contributed by atoms with van der Waals surface area (Å²) in [5.41, 5.74) is 4.05. The van der Waals surface area contributed by atoms with Gasteiger partial charge in [-0.25, -0.2) is 4.39 Å². The summed E-state index contributed by atoms with van der Waals surface area (Å²) < 4.78 is 26.7. The van der Waals surface area contributed by atoms with Crippen molar-refractivity contribution in [1.29, 1.82) is 0 Å². The largest absolute Gasteiger partial charge is 0.497 e. The molecule has 1 unspecified atom stereocenters. The van der Waals surface area contributed by atoms with Gasteiger partial charge in [0, 0.05) is 48.6 Å². The minimum Gasteiger partial charge on any atom is -0.497 e. The third-order valence-corrected chi connectivity index (χ3v) is 6.67. The maximum absolute atomic E-state index is 13.5. The topological polar surface area (TPSA) is 52.5 Å². The van der Waals surface area contributed by atoms with E-state index in [2.05, 4.69) is 42.1 Å². The van der Waals surface area contributed by atoms with Crippen molar-refractivity contribution in [3.05, 3.63) is 95.4 Å².